The van der Waals surface area contributed by atoms with Gasteiger partial charge in [0.25, 0.3) is 5.91 Å². The van der Waals surface area contributed by atoms with Crippen molar-refractivity contribution in [1.82, 2.24) is 4.90 Å². The molecule has 3 rings (SSSR count). The number of hydrogen-bond donors (Lipinski definition) is 1. The molecular formula is C20H20BrFN2O3. The second-order valence-electron chi connectivity index (χ2n) is 6.41. The maximum atomic E-state index is 13.9. The molecule has 0 radical (unpaired) electrons. The summed E-state index contributed by atoms with van der Waals surface area (Å²) in [5.74, 6) is -0.303. The summed E-state index contributed by atoms with van der Waals surface area (Å²) in [5.41, 5.74) is 0.760. The van der Waals surface area contributed by atoms with Crippen LogP contribution in [0.25, 0.3) is 0 Å². The fourth-order valence-electron chi connectivity index (χ4n) is 3.09. The second-order valence-corrected chi connectivity index (χ2v) is 7.32. The smallest absolute Gasteiger partial charge is 0.253 e. The molecule has 0 aromatic heterocycles. The highest BCUT2D eigenvalue weighted by atomic mass is 79.9. The molecule has 1 saturated heterocycles. The van der Waals surface area contributed by atoms with Gasteiger partial charge in [0.15, 0.2) is 0 Å². The van der Waals surface area contributed by atoms with Crippen LogP contribution in [0.15, 0.2) is 46.9 Å². The number of rotatable bonds is 4. The first-order chi connectivity index (χ1) is 13.0. The van der Waals surface area contributed by atoms with Gasteiger partial charge in [-0.05, 0) is 55.3 Å². The van der Waals surface area contributed by atoms with Crippen LogP contribution in [0.2, 0.25) is 0 Å². The highest BCUT2D eigenvalue weighted by Crippen LogP contribution is 2.24. The van der Waals surface area contributed by atoms with Crippen molar-refractivity contribution in [1.29, 1.82) is 0 Å². The fraction of sp³-hybridized carbons (Fsp3) is 0.300. The average molecular weight is 435 g/mol. The predicted octanol–water partition coefficient (Wildman–Crippen LogP) is 4.09. The standard InChI is InChI=1S/C20H20BrFN2O3/c1-27-16-5-2-14(3-6-16)20(26)24-10-8-13(9-11-24)19(25)23-18-7-4-15(21)12-17(18)22/h2-7,12-13H,8-11H2,1H3,(H,23,25). The van der Waals surface area contributed by atoms with E-state index in [1.54, 1.807) is 42.3 Å². The summed E-state index contributed by atoms with van der Waals surface area (Å²) in [6, 6.07) is 11.5. The molecule has 1 N–H and O–H groups in total. The van der Waals surface area contributed by atoms with Crippen LogP contribution >= 0.6 is 15.9 Å². The van der Waals surface area contributed by atoms with E-state index in [-0.39, 0.29) is 23.4 Å². The lowest BCUT2D eigenvalue weighted by atomic mass is 9.95. The van der Waals surface area contributed by atoms with Crippen LogP contribution < -0.4 is 10.1 Å². The van der Waals surface area contributed by atoms with Crippen LogP contribution in [0.4, 0.5) is 10.1 Å². The number of hydrogen-bond acceptors (Lipinski definition) is 3. The van der Waals surface area contributed by atoms with Crippen molar-refractivity contribution in [2.24, 2.45) is 5.92 Å². The number of methoxy groups -OCH3 is 1. The number of carbonyl (C=O) groups is 2. The lowest BCUT2D eigenvalue weighted by Gasteiger charge is -2.31. The summed E-state index contributed by atoms with van der Waals surface area (Å²) >= 11 is 3.19. The summed E-state index contributed by atoms with van der Waals surface area (Å²) in [5, 5.41) is 2.64. The molecule has 0 aliphatic carbocycles. The molecule has 1 heterocycles. The summed E-state index contributed by atoms with van der Waals surface area (Å²) < 4.78 is 19.6. The van der Waals surface area contributed by atoms with Crippen molar-refractivity contribution < 1.29 is 18.7 Å². The largest absolute Gasteiger partial charge is 0.497 e. The first kappa shape index (κ1) is 19.4. The molecule has 0 bridgehead atoms. The molecule has 2 aromatic rings. The molecule has 1 aliphatic rings. The van der Waals surface area contributed by atoms with Crippen LogP contribution in [0, 0.1) is 11.7 Å². The topological polar surface area (TPSA) is 58.6 Å². The van der Waals surface area contributed by atoms with Crippen molar-refractivity contribution in [3.05, 3.63) is 58.3 Å². The Hall–Kier alpha value is -2.41. The molecule has 0 saturated carbocycles. The zero-order valence-electron chi connectivity index (χ0n) is 14.9. The van der Waals surface area contributed by atoms with Gasteiger partial charge in [-0.15, -0.1) is 0 Å². The normalized spacial score (nSPS) is 14.7. The van der Waals surface area contributed by atoms with Gasteiger partial charge < -0.3 is 15.0 Å². The van der Waals surface area contributed by atoms with Crippen LogP contribution in [0.1, 0.15) is 23.2 Å². The van der Waals surface area contributed by atoms with Gasteiger partial charge in [-0.1, -0.05) is 15.9 Å². The van der Waals surface area contributed by atoms with Crippen molar-refractivity contribution in [2.45, 2.75) is 12.8 Å². The number of nitrogens with one attached hydrogen (secondary N) is 1. The summed E-state index contributed by atoms with van der Waals surface area (Å²) in [6.45, 7) is 0.984. The molecule has 2 aromatic carbocycles. The molecule has 27 heavy (non-hydrogen) atoms. The number of nitrogens with zero attached hydrogens (tertiary/aromatic N) is 1. The Labute approximate surface area is 165 Å². The molecule has 0 spiro atoms. The van der Waals surface area contributed by atoms with E-state index in [2.05, 4.69) is 21.2 Å². The molecule has 0 unspecified atom stereocenters. The number of anilines is 1. The molecule has 5 nitrogen and oxygen atoms in total. The Morgan fingerprint density at radius 1 is 1.15 bits per heavy atom. The Bertz CT molecular complexity index is 834. The van der Waals surface area contributed by atoms with Gasteiger partial charge in [0.05, 0.1) is 12.8 Å². The van der Waals surface area contributed by atoms with Crippen LogP contribution in [-0.4, -0.2) is 36.9 Å². The lowest BCUT2D eigenvalue weighted by Crippen LogP contribution is -2.41. The van der Waals surface area contributed by atoms with Crippen LogP contribution in [-0.2, 0) is 4.79 Å². The number of halogens is 2. The van der Waals surface area contributed by atoms with E-state index in [0.717, 1.165) is 0 Å². The zero-order chi connectivity index (χ0) is 19.4. The van der Waals surface area contributed by atoms with Crippen molar-refractivity contribution >= 4 is 33.4 Å². The van der Waals surface area contributed by atoms with E-state index >= 15 is 0 Å². The van der Waals surface area contributed by atoms with Gasteiger partial charge >= 0.3 is 0 Å². The summed E-state index contributed by atoms with van der Waals surface area (Å²) in [6.07, 6.45) is 1.09. The lowest BCUT2D eigenvalue weighted by molar-refractivity contribution is -0.121. The maximum Gasteiger partial charge on any atom is 0.253 e. The molecule has 1 aliphatic heterocycles. The third-order valence-electron chi connectivity index (χ3n) is 4.68. The quantitative estimate of drug-likeness (QED) is 0.788. The van der Waals surface area contributed by atoms with Crippen molar-refractivity contribution in [2.75, 3.05) is 25.5 Å². The van der Waals surface area contributed by atoms with E-state index in [4.69, 9.17) is 4.74 Å². The number of benzene rings is 2. The van der Waals surface area contributed by atoms with E-state index < -0.39 is 5.82 Å². The van der Waals surface area contributed by atoms with Crippen molar-refractivity contribution in [3.8, 4) is 5.75 Å². The Kier molecular flexibility index (Phi) is 6.11. The van der Waals surface area contributed by atoms with Gasteiger partial charge in [0.2, 0.25) is 5.91 Å². The minimum Gasteiger partial charge on any atom is -0.497 e. The zero-order valence-corrected chi connectivity index (χ0v) is 16.5. The number of likely N-dealkylation sites (tertiary alicyclic amines) is 1. The Balaban J connectivity index is 1.56. The first-order valence-corrected chi connectivity index (χ1v) is 9.46. The Morgan fingerprint density at radius 2 is 1.81 bits per heavy atom. The van der Waals surface area contributed by atoms with Crippen molar-refractivity contribution in [3.63, 3.8) is 0 Å². The van der Waals surface area contributed by atoms with E-state index in [9.17, 15) is 14.0 Å². The SMILES string of the molecule is COc1ccc(C(=O)N2CCC(C(=O)Nc3ccc(Br)cc3F)CC2)cc1. The third-order valence-corrected chi connectivity index (χ3v) is 5.17. The van der Waals surface area contributed by atoms with Gasteiger partial charge in [-0.3, -0.25) is 9.59 Å². The predicted molar refractivity (Wildman–Crippen MR) is 104 cm³/mol. The van der Waals surface area contributed by atoms with Gasteiger partial charge in [0.1, 0.15) is 11.6 Å². The van der Waals surface area contributed by atoms with Crippen LogP contribution in [0.5, 0.6) is 5.75 Å². The third kappa shape index (κ3) is 4.66. The molecule has 2 amide bonds. The molecular weight excluding hydrogens is 415 g/mol. The van der Waals surface area contributed by atoms with Gasteiger partial charge in [-0.25, -0.2) is 4.39 Å². The number of piperidine rings is 1. The highest BCUT2D eigenvalue weighted by molar-refractivity contribution is 9.10. The van der Waals surface area contributed by atoms with E-state index in [0.29, 0.717) is 41.7 Å². The first-order valence-electron chi connectivity index (χ1n) is 8.67. The van der Waals surface area contributed by atoms with E-state index in [1.807, 2.05) is 0 Å². The number of ether oxygens (including phenoxy) is 1. The molecule has 0 atom stereocenters. The average Bonchev–Trinajstić information content (AvgIpc) is 2.69. The second kappa shape index (κ2) is 8.52. The van der Waals surface area contributed by atoms with E-state index in [1.165, 1.54) is 12.1 Å². The highest BCUT2D eigenvalue weighted by Gasteiger charge is 2.28. The summed E-state index contributed by atoms with van der Waals surface area (Å²) in [7, 11) is 1.58. The van der Waals surface area contributed by atoms with Gasteiger partial charge in [-0.2, -0.15) is 0 Å². The molecule has 142 valence electrons. The minimum absolute atomic E-state index is 0.0598. The fourth-order valence-corrected chi connectivity index (χ4v) is 3.42. The van der Waals surface area contributed by atoms with Crippen LogP contribution in [0.3, 0.4) is 0 Å². The molecule has 1 fully saturated rings. The monoisotopic (exact) mass is 434 g/mol. The number of amides is 2. The Morgan fingerprint density at radius 3 is 2.41 bits per heavy atom. The van der Waals surface area contributed by atoms with Gasteiger partial charge in [0, 0.05) is 29.0 Å². The maximum absolute atomic E-state index is 13.9. The molecule has 7 heteroatoms. The minimum atomic E-state index is -0.482. The summed E-state index contributed by atoms with van der Waals surface area (Å²) in [4.78, 5) is 26.7. The number of carbonyl (C=O) groups excluding carboxylic acids is 2.